The molecule has 0 spiro atoms. The molecule has 2 aromatic heterocycles. The van der Waals surface area contributed by atoms with Crippen molar-refractivity contribution < 1.29 is 14.6 Å². The van der Waals surface area contributed by atoms with Crippen molar-refractivity contribution in [3.05, 3.63) is 114 Å². The minimum Gasteiger partial charge on any atom is -0.385 e. The lowest BCUT2D eigenvalue weighted by Crippen LogP contribution is -2.54. The largest absolute Gasteiger partial charge is 0.385 e. The Kier molecular flexibility index (Phi) is 9.31. The Bertz CT molecular complexity index is 1540. The van der Waals surface area contributed by atoms with Crippen LogP contribution in [0.2, 0.25) is 0 Å². The number of aromatic nitrogens is 3. The highest BCUT2D eigenvalue weighted by molar-refractivity contribution is 5.98. The molecule has 3 heterocycles. The average Bonchev–Trinajstić information content (AvgIpc) is 3.50. The van der Waals surface area contributed by atoms with Crippen molar-refractivity contribution in [2.75, 3.05) is 33.4 Å². The van der Waals surface area contributed by atoms with E-state index < -0.39 is 5.60 Å². The Labute approximate surface area is 259 Å². The van der Waals surface area contributed by atoms with E-state index in [0.717, 1.165) is 49.3 Å². The highest BCUT2D eigenvalue weighted by Gasteiger charge is 2.42. The summed E-state index contributed by atoms with van der Waals surface area (Å²) < 4.78 is 7.52. The highest BCUT2D eigenvalue weighted by atomic mass is 16.5. The number of pyridine rings is 1. The van der Waals surface area contributed by atoms with E-state index in [4.69, 9.17) is 9.72 Å². The second-order valence-electron chi connectivity index (χ2n) is 11.9. The van der Waals surface area contributed by atoms with Gasteiger partial charge in [-0.25, -0.2) is 4.98 Å². The summed E-state index contributed by atoms with van der Waals surface area (Å²) in [6, 6.07) is 25.8. The van der Waals surface area contributed by atoms with Crippen LogP contribution in [0.5, 0.6) is 0 Å². The molecule has 228 valence electrons. The van der Waals surface area contributed by atoms with Gasteiger partial charge in [0.2, 0.25) is 0 Å². The summed E-state index contributed by atoms with van der Waals surface area (Å²) in [4.78, 5) is 28.1. The fourth-order valence-electron chi connectivity index (χ4n) is 6.75. The van der Waals surface area contributed by atoms with Crippen molar-refractivity contribution in [3.8, 4) is 11.3 Å². The van der Waals surface area contributed by atoms with Crippen molar-refractivity contribution in [2.45, 2.75) is 49.9 Å². The minimum absolute atomic E-state index is 0.108. The topological polar surface area (TPSA) is 83.7 Å². The van der Waals surface area contributed by atoms with Crippen LogP contribution in [0.25, 0.3) is 17.3 Å². The maximum absolute atomic E-state index is 14.6. The highest BCUT2D eigenvalue weighted by Crippen LogP contribution is 2.41. The van der Waals surface area contributed by atoms with E-state index in [1.54, 1.807) is 19.6 Å². The molecule has 4 aromatic rings. The van der Waals surface area contributed by atoms with Gasteiger partial charge in [0.05, 0.1) is 36.4 Å². The van der Waals surface area contributed by atoms with Crippen molar-refractivity contribution >= 4 is 12.0 Å². The lowest BCUT2D eigenvalue weighted by molar-refractivity contribution is -0.0893. The van der Waals surface area contributed by atoms with Gasteiger partial charge in [0.15, 0.2) is 5.69 Å². The van der Waals surface area contributed by atoms with Crippen LogP contribution < -0.4 is 0 Å². The van der Waals surface area contributed by atoms with E-state index in [-0.39, 0.29) is 24.6 Å². The molecule has 1 aliphatic heterocycles. The number of hydrogen-bond acceptors (Lipinski definition) is 6. The molecule has 1 unspecified atom stereocenters. The number of carbonyl (C=O) groups excluding carboxylic acids is 1. The normalized spacial score (nSPS) is 22.8. The number of benzene rings is 2. The molecule has 8 heteroatoms. The number of methoxy groups -OCH3 is 1. The van der Waals surface area contributed by atoms with Crippen LogP contribution in [0.15, 0.2) is 97.5 Å². The van der Waals surface area contributed by atoms with E-state index in [9.17, 15) is 9.90 Å². The van der Waals surface area contributed by atoms with E-state index in [1.165, 1.54) is 5.56 Å². The predicted molar refractivity (Wildman–Crippen MR) is 172 cm³/mol. The van der Waals surface area contributed by atoms with Crippen molar-refractivity contribution in [2.24, 2.45) is 0 Å². The predicted octanol–water partition coefficient (Wildman–Crippen LogP) is 5.48. The van der Waals surface area contributed by atoms with Gasteiger partial charge in [-0.3, -0.25) is 14.7 Å². The van der Waals surface area contributed by atoms with Gasteiger partial charge in [-0.05, 0) is 36.6 Å². The van der Waals surface area contributed by atoms with Crippen LogP contribution in [0.1, 0.15) is 53.5 Å². The Balaban J connectivity index is 1.35. The summed E-state index contributed by atoms with van der Waals surface area (Å²) in [6.45, 7) is 3.08. The molecule has 1 saturated heterocycles. The van der Waals surface area contributed by atoms with Gasteiger partial charge in [-0.15, -0.1) is 0 Å². The molecule has 1 amide bonds. The molecule has 3 atom stereocenters. The first kappa shape index (κ1) is 29.9. The van der Waals surface area contributed by atoms with Crippen LogP contribution >= 0.6 is 0 Å². The Morgan fingerprint density at radius 2 is 1.77 bits per heavy atom. The molecule has 1 aliphatic carbocycles. The van der Waals surface area contributed by atoms with E-state index >= 15 is 0 Å². The lowest BCUT2D eigenvalue weighted by Gasteiger charge is -2.41. The molecule has 2 aromatic carbocycles. The zero-order valence-electron chi connectivity index (χ0n) is 25.3. The fourth-order valence-corrected chi connectivity index (χ4v) is 6.75. The molecule has 8 nitrogen and oxygen atoms in total. The number of amides is 1. The number of hydrogen-bond donors (Lipinski definition) is 1. The molecule has 1 N–H and O–H groups in total. The number of rotatable bonds is 9. The number of aliphatic hydroxyl groups is 1. The quantitative estimate of drug-likeness (QED) is 0.278. The Morgan fingerprint density at radius 1 is 1.00 bits per heavy atom. The maximum atomic E-state index is 14.6. The smallest absolute Gasteiger partial charge is 0.275 e. The summed E-state index contributed by atoms with van der Waals surface area (Å²) in [7, 11) is 1.63. The lowest BCUT2D eigenvalue weighted by atomic mass is 9.80. The maximum Gasteiger partial charge on any atom is 0.275 e. The zero-order chi connectivity index (χ0) is 30.4. The third kappa shape index (κ3) is 6.53. The van der Waals surface area contributed by atoms with E-state index in [2.05, 4.69) is 40.2 Å². The minimum atomic E-state index is -1.03. The van der Waals surface area contributed by atoms with Crippen molar-refractivity contribution in [3.63, 3.8) is 0 Å². The molecule has 2 fully saturated rings. The summed E-state index contributed by atoms with van der Waals surface area (Å²) in [5.74, 6) is -0.108. The molecule has 0 radical (unpaired) electrons. The van der Waals surface area contributed by atoms with Gasteiger partial charge in [-0.1, -0.05) is 85.6 Å². The Hall–Kier alpha value is -4.11. The molecular formula is C36H41N5O3. The van der Waals surface area contributed by atoms with Crippen LogP contribution in [0, 0.1) is 0 Å². The second-order valence-corrected chi connectivity index (χ2v) is 11.9. The Morgan fingerprint density at radius 3 is 2.52 bits per heavy atom. The van der Waals surface area contributed by atoms with Crippen LogP contribution in [-0.4, -0.2) is 80.3 Å². The SMILES string of the molecule is COC[C@]1(O)CCCC[C@H]1n1cnc(C(=O)N2CCN(Cc3ccccc3)CC2C=Cc2ccccn2)c1-c1ccccc1. The molecular weight excluding hydrogens is 550 g/mol. The van der Waals surface area contributed by atoms with Crippen LogP contribution in [0.4, 0.5) is 0 Å². The van der Waals surface area contributed by atoms with Gasteiger partial charge in [-0.2, -0.15) is 0 Å². The molecule has 44 heavy (non-hydrogen) atoms. The average molecular weight is 592 g/mol. The summed E-state index contributed by atoms with van der Waals surface area (Å²) >= 11 is 0. The van der Waals surface area contributed by atoms with Gasteiger partial charge in [0.1, 0.15) is 5.60 Å². The van der Waals surface area contributed by atoms with E-state index in [0.29, 0.717) is 25.2 Å². The first-order valence-corrected chi connectivity index (χ1v) is 15.6. The molecule has 2 aliphatic rings. The van der Waals surface area contributed by atoms with Crippen molar-refractivity contribution in [1.82, 2.24) is 24.3 Å². The number of nitrogens with zero attached hydrogens (tertiary/aromatic N) is 5. The number of carbonyl (C=O) groups is 1. The van der Waals surface area contributed by atoms with Gasteiger partial charge < -0.3 is 19.3 Å². The number of piperazine rings is 1. The fraction of sp³-hybridized carbons (Fsp3) is 0.361. The standard InChI is InChI=1S/C36H41N5O3/c1-44-26-36(43)20-10-8-17-32(36)41-27-38-33(34(41)29-14-6-3-7-15-29)35(42)40-23-22-39(24-28-12-4-2-5-13-28)25-31(40)19-18-30-16-9-11-21-37-30/h2-7,9,11-16,18-19,21,27,31-32,43H,8,10,17,20,22-26H2,1H3/t31?,32-,36-/m1/s1. The van der Waals surface area contributed by atoms with Crippen molar-refractivity contribution in [1.29, 1.82) is 0 Å². The van der Waals surface area contributed by atoms with Gasteiger partial charge >= 0.3 is 0 Å². The van der Waals surface area contributed by atoms with Gasteiger partial charge in [0, 0.05) is 45.0 Å². The van der Waals surface area contributed by atoms with Crippen LogP contribution in [-0.2, 0) is 11.3 Å². The first-order chi connectivity index (χ1) is 21.6. The number of ether oxygens (including phenoxy) is 1. The number of imidazole rings is 1. The van der Waals surface area contributed by atoms with E-state index in [1.807, 2.05) is 70.1 Å². The molecule has 0 bridgehead atoms. The summed E-state index contributed by atoms with van der Waals surface area (Å²) in [5, 5.41) is 11.7. The van der Waals surface area contributed by atoms with Gasteiger partial charge in [0.25, 0.3) is 5.91 Å². The summed E-state index contributed by atoms with van der Waals surface area (Å²) in [5.41, 5.74) is 3.13. The monoisotopic (exact) mass is 591 g/mol. The second kappa shape index (κ2) is 13.7. The third-order valence-corrected chi connectivity index (χ3v) is 8.92. The van der Waals surface area contributed by atoms with Crippen LogP contribution in [0.3, 0.4) is 0 Å². The molecule has 1 saturated carbocycles. The molecule has 6 rings (SSSR count). The summed E-state index contributed by atoms with van der Waals surface area (Å²) in [6.07, 6.45) is 11.0. The third-order valence-electron chi connectivity index (χ3n) is 8.92. The first-order valence-electron chi connectivity index (χ1n) is 15.6. The zero-order valence-corrected chi connectivity index (χ0v) is 25.3.